The first kappa shape index (κ1) is 12.1. The van der Waals surface area contributed by atoms with Crippen molar-refractivity contribution in [3.8, 4) is 6.07 Å². The molecule has 0 bridgehead atoms. The number of anilines is 1. The minimum Gasteiger partial charge on any atom is -0.376 e. The quantitative estimate of drug-likeness (QED) is 0.894. The summed E-state index contributed by atoms with van der Waals surface area (Å²) < 4.78 is 5.11. The van der Waals surface area contributed by atoms with Crippen LogP contribution in [0.3, 0.4) is 0 Å². The van der Waals surface area contributed by atoms with Crippen LogP contribution >= 0.6 is 0 Å². The summed E-state index contributed by atoms with van der Waals surface area (Å²) in [6, 6.07) is 5.88. The van der Waals surface area contributed by atoms with Gasteiger partial charge in [0.1, 0.15) is 6.07 Å². The molecule has 0 unspecified atom stereocenters. The number of hydrogen-bond donors (Lipinski definition) is 1. The average Bonchev–Trinajstić information content (AvgIpc) is 2.72. The van der Waals surface area contributed by atoms with Crippen molar-refractivity contribution in [2.75, 3.05) is 5.32 Å². The van der Waals surface area contributed by atoms with Crippen molar-refractivity contribution >= 4 is 5.69 Å². The fourth-order valence-corrected chi connectivity index (χ4v) is 1.79. The molecule has 1 N–H and O–H groups in total. The van der Waals surface area contributed by atoms with E-state index in [0.29, 0.717) is 12.1 Å². The lowest BCUT2D eigenvalue weighted by atomic mass is 10.1. The molecule has 2 aromatic heterocycles. The summed E-state index contributed by atoms with van der Waals surface area (Å²) in [5.74, 6) is 0.739. The van der Waals surface area contributed by atoms with Gasteiger partial charge in [0.05, 0.1) is 29.2 Å². The van der Waals surface area contributed by atoms with Gasteiger partial charge in [0.2, 0.25) is 0 Å². The molecule has 0 aliphatic carbocycles. The highest BCUT2D eigenvalue weighted by Gasteiger charge is 2.08. The second kappa shape index (κ2) is 4.88. The van der Waals surface area contributed by atoms with Crippen LogP contribution in [0, 0.1) is 32.1 Å². The number of aromatic nitrogens is 2. The maximum Gasteiger partial charge on any atom is 0.156 e. The summed E-state index contributed by atoms with van der Waals surface area (Å²) in [4.78, 5) is 4.27. The zero-order valence-electron chi connectivity index (χ0n) is 10.6. The van der Waals surface area contributed by atoms with Gasteiger partial charge in [-0.1, -0.05) is 5.16 Å². The Hall–Kier alpha value is -2.35. The van der Waals surface area contributed by atoms with E-state index in [1.165, 1.54) is 0 Å². The fraction of sp³-hybridized carbons (Fsp3) is 0.308. The molecule has 0 aliphatic rings. The van der Waals surface area contributed by atoms with Crippen molar-refractivity contribution in [3.05, 3.63) is 40.5 Å². The van der Waals surface area contributed by atoms with E-state index < -0.39 is 0 Å². The van der Waals surface area contributed by atoms with Gasteiger partial charge in [0, 0.05) is 11.8 Å². The Labute approximate surface area is 105 Å². The van der Waals surface area contributed by atoms with E-state index in [0.717, 1.165) is 28.5 Å². The molecular formula is C13H14N4O. The molecule has 0 amide bonds. The van der Waals surface area contributed by atoms with Crippen LogP contribution in [0.15, 0.2) is 16.7 Å². The number of nitriles is 1. The Morgan fingerprint density at radius 3 is 2.67 bits per heavy atom. The Morgan fingerprint density at radius 2 is 2.06 bits per heavy atom. The fourth-order valence-electron chi connectivity index (χ4n) is 1.79. The van der Waals surface area contributed by atoms with E-state index in [-0.39, 0.29) is 0 Å². The summed E-state index contributed by atoms with van der Waals surface area (Å²) >= 11 is 0. The summed E-state index contributed by atoms with van der Waals surface area (Å²) in [5, 5.41) is 16.1. The predicted molar refractivity (Wildman–Crippen MR) is 67.0 cm³/mol. The number of hydrogen-bond acceptors (Lipinski definition) is 5. The molecule has 0 atom stereocenters. The summed E-state index contributed by atoms with van der Waals surface area (Å²) in [7, 11) is 0. The molecule has 0 aromatic carbocycles. The number of aryl methyl sites for hydroxylation is 3. The highest BCUT2D eigenvalue weighted by Crippen LogP contribution is 2.19. The first-order chi connectivity index (χ1) is 8.60. The monoisotopic (exact) mass is 242 g/mol. The summed E-state index contributed by atoms with van der Waals surface area (Å²) in [6.07, 6.45) is 0. The Morgan fingerprint density at radius 1 is 1.28 bits per heavy atom. The maximum absolute atomic E-state index is 9.13. The van der Waals surface area contributed by atoms with Gasteiger partial charge in [0.25, 0.3) is 0 Å². The van der Waals surface area contributed by atoms with Crippen LogP contribution in [-0.4, -0.2) is 10.1 Å². The summed E-state index contributed by atoms with van der Waals surface area (Å²) in [6.45, 7) is 6.10. The molecule has 0 fully saturated rings. The lowest BCUT2D eigenvalue weighted by molar-refractivity contribution is 0.384. The van der Waals surface area contributed by atoms with E-state index >= 15 is 0 Å². The minimum atomic E-state index is 0.498. The number of rotatable bonds is 3. The van der Waals surface area contributed by atoms with Gasteiger partial charge in [-0.25, -0.2) is 0 Å². The van der Waals surface area contributed by atoms with Crippen molar-refractivity contribution in [2.24, 2.45) is 0 Å². The highest BCUT2D eigenvalue weighted by atomic mass is 16.5. The predicted octanol–water partition coefficient (Wildman–Crippen LogP) is 2.48. The first-order valence-corrected chi connectivity index (χ1v) is 5.64. The third-order valence-electron chi connectivity index (χ3n) is 2.57. The SMILES string of the molecule is Cc1cc(CNc2cc(C)nc(C)c2C#N)on1. The molecular weight excluding hydrogens is 228 g/mol. The molecule has 0 spiro atoms. The van der Waals surface area contributed by atoms with Gasteiger partial charge in [-0.15, -0.1) is 0 Å². The van der Waals surface area contributed by atoms with Crippen LogP contribution in [0.1, 0.15) is 28.4 Å². The van der Waals surface area contributed by atoms with Gasteiger partial charge in [0.15, 0.2) is 5.76 Å². The second-order valence-electron chi connectivity index (χ2n) is 4.17. The third kappa shape index (κ3) is 2.48. The Balaban J connectivity index is 2.21. The van der Waals surface area contributed by atoms with Crippen molar-refractivity contribution in [1.29, 1.82) is 5.26 Å². The zero-order valence-corrected chi connectivity index (χ0v) is 10.6. The molecule has 5 heteroatoms. The maximum atomic E-state index is 9.13. The Kier molecular flexibility index (Phi) is 3.28. The van der Waals surface area contributed by atoms with Crippen LogP contribution in [0.4, 0.5) is 5.69 Å². The molecule has 92 valence electrons. The van der Waals surface area contributed by atoms with Gasteiger partial charge in [-0.3, -0.25) is 4.98 Å². The molecule has 0 saturated carbocycles. The van der Waals surface area contributed by atoms with Crippen molar-refractivity contribution < 1.29 is 4.52 Å². The van der Waals surface area contributed by atoms with Crippen molar-refractivity contribution in [1.82, 2.24) is 10.1 Å². The molecule has 2 heterocycles. The van der Waals surface area contributed by atoms with E-state index in [4.69, 9.17) is 9.78 Å². The first-order valence-electron chi connectivity index (χ1n) is 5.64. The molecule has 0 saturated heterocycles. The van der Waals surface area contributed by atoms with Crippen molar-refractivity contribution in [2.45, 2.75) is 27.3 Å². The molecule has 2 aromatic rings. The Bertz CT molecular complexity index is 610. The van der Waals surface area contributed by atoms with Gasteiger partial charge in [-0.05, 0) is 26.8 Å². The molecule has 0 aliphatic heterocycles. The summed E-state index contributed by atoms with van der Waals surface area (Å²) in [5.41, 5.74) is 3.79. The molecule has 5 nitrogen and oxygen atoms in total. The normalized spacial score (nSPS) is 10.1. The zero-order chi connectivity index (χ0) is 13.1. The van der Waals surface area contributed by atoms with Crippen molar-refractivity contribution in [3.63, 3.8) is 0 Å². The van der Waals surface area contributed by atoms with Gasteiger partial charge < -0.3 is 9.84 Å². The smallest absolute Gasteiger partial charge is 0.156 e. The van der Waals surface area contributed by atoms with Gasteiger partial charge in [-0.2, -0.15) is 5.26 Å². The largest absolute Gasteiger partial charge is 0.376 e. The number of nitrogens with one attached hydrogen (secondary N) is 1. The lowest BCUT2D eigenvalue weighted by Crippen LogP contribution is -2.03. The number of pyridine rings is 1. The van der Waals surface area contributed by atoms with E-state index in [1.807, 2.05) is 32.9 Å². The third-order valence-corrected chi connectivity index (χ3v) is 2.57. The van der Waals surface area contributed by atoms with E-state index in [1.54, 1.807) is 0 Å². The van der Waals surface area contributed by atoms with Gasteiger partial charge >= 0.3 is 0 Å². The highest BCUT2D eigenvalue weighted by molar-refractivity contribution is 5.59. The van der Waals surface area contributed by atoms with Crippen LogP contribution in [0.5, 0.6) is 0 Å². The van der Waals surface area contributed by atoms with Crippen LogP contribution in [-0.2, 0) is 6.54 Å². The number of nitrogens with zero attached hydrogens (tertiary/aromatic N) is 3. The van der Waals surface area contributed by atoms with Crippen LogP contribution < -0.4 is 5.32 Å². The van der Waals surface area contributed by atoms with Crippen LogP contribution in [0.25, 0.3) is 0 Å². The molecule has 2 rings (SSSR count). The minimum absolute atomic E-state index is 0.498. The van der Waals surface area contributed by atoms with E-state index in [2.05, 4.69) is 21.5 Å². The van der Waals surface area contributed by atoms with Crippen LogP contribution in [0.2, 0.25) is 0 Å². The molecule has 0 radical (unpaired) electrons. The lowest BCUT2D eigenvalue weighted by Gasteiger charge is -2.09. The second-order valence-corrected chi connectivity index (χ2v) is 4.17. The topological polar surface area (TPSA) is 74.7 Å². The standard InChI is InChI=1S/C13H14N4O/c1-8-5-13(12(6-14)10(3)16-8)15-7-11-4-9(2)17-18-11/h4-5H,7H2,1-3H3,(H,15,16). The average molecular weight is 242 g/mol. The van der Waals surface area contributed by atoms with E-state index in [9.17, 15) is 0 Å². The molecule has 18 heavy (non-hydrogen) atoms.